The third-order valence-corrected chi connectivity index (χ3v) is 4.50. The van der Waals surface area contributed by atoms with Crippen LogP contribution in [0.5, 0.6) is 5.75 Å². The fourth-order valence-electron chi connectivity index (χ4n) is 2.18. The van der Waals surface area contributed by atoms with Gasteiger partial charge in [0.25, 0.3) is 5.91 Å². The van der Waals surface area contributed by atoms with Gasteiger partial charge in [0, 0.05) is 32.7 Å². The summed E-state index contributed by atoms with van der Waals surface area (Å²) in [4.78, 5) is 14.8. The number of nitrogens with zero attached hydrogens (tertiary/aromatic N) is 2. The van der Waals surface area contributed by atoms with Crippen LogP contribution in [0.4, 0.5) is 10.7 Å². The lowest BCUT2D eigenvalue weighted by molar-refractivity contribution is 0.0960. The summed E-state index contributed by atoms with van der Waals surface area (Å²) in [6, 6.07) is 0. The number of carbonyl (C=O) groups excluding carboxylic acids is 1. The molecule has 1 aromatic heterocycles. The highest BCUT2D eigenvalue weighted by atomic mass is 32.1. The Morgan fingerprint density at radius 1 is 1.38 bits per heavy atom. The van der Waals surface area contributed by atoms with Crippen LogP contribution in [0.3, 0.4) is 0 Å². The van der Waals surface area contributed by atoms with Gasteiger partial charge >= 0.3 is 0 Å². The van der Waals surface area contributed by atoms with Gasteiger partial charge in [0.15, 0.2) is 5.75 Å². The highest BCUT2D eigenvalue weighted by Crippen LogP contribution is 2.42. The molecule has 0 aromatic carbocycles. The normalized spacial score (nSPS) is 16.7. The van der Waals surface area contributed by atoms with Gasteiger partial charge in [0.2, 0.25) is 0 Å². The monoisotopic (exact) mass is 313 g/mol. The van der Waals surface area contributed by atoms with Crippen molar-refractivity contribution in [3.8, 4) is 5.75 Å². The molecule has 4 N–H and O–H groups in total. The fourth-order valence-corrected chi connectivity index (χ4v) is 3.21. The van der Waals surface area contributed by atoms with Crippen LogP contribution in [0.1, 0.15) is 16.6 Å². The molecule has 1 fully saturated rings. The predicted molar refractivity (Wildman–Crippen MR) is 86.0 cm³/mol. The number of carbonyl (C=O) groups is 1. The summed E-state index contributed by atoms with van der Waals surface area (Å²) in [5.41, 5.74) is 9.74. The SMILES string of the molecule is CCNC(=O)c1sc(NN2CCN(C)CC2)c(OC)c1N. The topological polar surface area (TPSA) is 82.9 Å². The Labute approximate surface area is 129 Å². The number of nitrogens with one attached hydrogen (secondary N) is 2. The van der Waals surface area contributed by atoms with Crippen molar-refractivity contribution in [1.29, 1.82) is 0 Å². The van der Waals surface area contributed by atoms with Crippen LogP contribution in [-0.2, 0) is 0 Å². The number of methoxy groups -OCH3 is 1. The van der Waals surface area contributed by atoms with E-state index in [-0.39, 0.29) is 5.91 Å². The largest absolute Gasteiger partial charge is 0.491 e. The van der Waals surface area contributed by atoms with Crippen molar-refractivity contribution >= 4 is 27.9 Å². The number of amides is 1. The maximum atomic E-state index is 12.0. The van der Waals surface area contributed by atoms with Gasteiger partial charge in [-0.25, -0.2) is 5.01 Å². The molecule has 21 heavy (non-hydrogen) atoms. The van der Waals surface area contributed by atoms with Crippen molar-refractivity contribution in [2.24, 2.45) is 0 Å². The van der Waals surface area contributed by atoms with Gasteiger partial charge in [-0.05, 0) is 14.0 Å². The van der Waals surface area contributed by atoms with Crippen LogP contribution in [0.15, 0.2) is 0 Å². The number of piperazine rings is 1. The van der Waals surface area contributed by atoms with Gasteiger partial charge in [-0.1, -0.05) is 0 Å². The highest BCUT2D eigenvalue weighted by Gasteiger charge is 2.23. The minimum atomic E-state index is -0.162. The zero-order chi connectivity index (χ0) is 15.4. The first-order valence-corrected chi connectivity index (χ1v) is 7.83. The summed E-state index contributed by atoms with van der Waals surface area (Å²) in [6.45, 7) is 6.27. The van der Waals surface area contributed by atoms with Crippen LogP contribution >= 0.6 is 11.3 Å². The Balaban J connectivity index is 2.15. The van der Waals surface area contributed by atoms with Crippen LogP contribution in [0.25, 0.3) is 0 Å². The standard InChI is InChI=1S/C13H23N5O2S/c1-4-15-12(19)11-9(14)10(20-3)13(21-11)16-18-7-5-17(2)6-8-18/h16H,4-8,14H2,1-3H3,(H,15,19). The van der Waals surface area contributed by atoms with Gasteiger partial charge in [0.1, 0.15) is 15.6 Å². The number of hydrogen-bond acceptors (Lipinski definition) is 7. The molecule has 2 heterocycles. The Hall–Kier alpha value is -1.51. The molecule has 0 spiro atoms. The molecule has 0 atom stereocenters. The number of ether oxygens (including phenoxy) is 1. The summed E-state index contributed by atoms with van der Waals surface area (Å²) >= 11 is 1.32. The number of hydrazine groups is 1. The first-order chi connectivity index (χ1) is 10.1. The molecular weight excluding hydrogens is 290 g/mol. The summed E-state index contributed by atoms with van der Waals surface area (Å²) in [5, 5.41) is 5.66. The molecule has 1 saturated heterocycles. The Bertz CT molecular complexity index is 497. The zero-order valence-electron chi connectivity index (χ0n) is 12.7. The number of nitrogen functional groups attached to an aromatic ring is 1. The van der Waals surface area contributed by atoms with Crippen molar-refractivity contribution in [1.82, 2.24) is 15.2 Å². The molecule has 118 valence electrons. The van der Waals surface area contributed by atoms with E-state index in [9.17, 15) is 4.79 Å². The third kappa shape index (κ3) is 3.58. The molecule has 0 unspecified atom stereocenters. The minimum absolute atomic E-state index is 0.162. The van der Waals surface area contributed by atoms with E-state index in [4.69, 9.17) is 10.5 Å². The lowest BCUT2D eigenvalue weighted by Gasteiger charge is -2.32. The van der Waals surface area contributed by atoms with Gasteiger partial charge in [-0.3, -0.25) is 4.79 Å². The van der Waals surface area contributed by atoms with E-state index >= 15 is 0 Å². The van der Waals surface area contributed by atoms with E-state index in [1.165, 1.54) is 11.3 Å². The molecule has 1 aliphatic rings. The zero-order valence-corrected chi connectivity index (χ0v) is 13.5. The lowest BCUT2D eigenvalue weighted by atomic mass is 10.3. The highest BCUT2D eigenvalue weighted by molar-refractivity contribution is 7.19. The number of rotatable bonds is 5. The number of hydrogen-bond donors (Lipinski definition) is 3. The molecule has 0 aliphatic carbocycles. The molecule has 7 nitrogen and oxygen atoms in total. The number of nitrogens with two attached hydrogens (primary N) is 1. The Kier molecular flexibility index (Phi) is 5.27. The van der Waals surface area contributed by atoms with Crippen LogP contribution < -0.4 is 21.2 Å². The molecule has 1 aliphatic heterocycles. The second kappa shape index (κ2) is 6.97. The van der Waals surface area contributed by atoms with Gasteiger partial charge in [-0.2, -0.15) is 0 Å². The quantitative estimate of drug-likeness (QED) is 0.741. The maximum absolute atomic E-state index is 12.0. The lowest BCUT2D eigenvalue weighted by Crippen LogP contribution is -2.46. The van der Waals surface area contributed by atoms with E-state index in [0.29, 0.717) is 22.9 Å². The molecule has 0 saturated carbocycles. The van der Waals surface area contributed by atoms with Crippen LogP contribution in [0, 0.1) is 0 Å². The molecule has 8 heteroatoms. The fraction of sp³-hybridized carbons (Fsp3) is 0.615. The van der Waals surface area contributed by atoms with E-state index in [2.05, 4.69) is 27.7 Å². The van der Waals surface area contributed by atoms with E-state index < -0.39 is 0 Å². The third-order valence-electron chi connectivity index (χ3n) is 3.41. The number of likely N-dealkylation sites (N-methyl/N-ethyl adjacent to an activating group) is 1. The van der Waals surface area contributed by atoms with Crippen molar-refractivity contribution < 1.29 is 9.53 Å². The minimum Gasteiger partial charge on any atom is -0.491 e. The van der Waals surface area contributed by atoms with Crippen LogP contribution in [0.2, 0.25) is 0 Å². The van der Waals surface area contributed by atoms with Crippen LogP contribution in [-0.4, -0.2) is 62.7 Å². The second-order valence-corrected chi connectivity index (χ2v) is 5.99. The maximum Gasteiger partial charge on any atom is 0.263 e. The van der Waals surface area contributed by atoms with Crippen molar-refractivity contribution in [2.75, 3.05) is 58.0 Å². The number of anilines is 2. The molecule has 0 bridgehead atoms. The Morgan fingerprint density at radius 3 is 2.62 bits per heavy atom. The van der Waals surface area contributed by atoms with Crippen molar-refractivity contribution in [2.45, 2.75) is 6.92 Å². The summed E-state index contributed by atoms with van der Waals surface area (Å²) in [5.74, 6) is 0.380. The second-order valence-electron chi connectivity index (χ2n) is 4.97. The Morgan fingerprint density at radius 2 is 2.05 bits per heavy atom. The van der Waals surface area contributed by atoms with Crippen molar-refractivity contribution in [3.63, 3.8) is 0 Å². The summed E-state index contributed by atoms with van der Waals surface area (Å²) in [6.07, 6.45) is 0. The van der Waals surface area contributed by atoms with Gasteiger partial charge < -0.3 is 26.1 Å². The first kappa shape index (κ1) is 15.9. The molecule has 0 radical (unpaired) electrons. The molecule has 2 rings (SSSR count). The molecule has 1 amide bonds. The van der Waals surface area contributed by atoms with E-state index in [0.717, 1.165) is 31.2 Å². The van der Waals surface area contributed by atoms with E-state index in [1.54, 1.807) is 7.11 Å². The van der Waals surface area contributed by atoms with Gasteiger partial charge in [-0.15, -0.1) is 11.3 Å². The van der Waals surface area contributed by atoms with Crippen molar-refractivity contribution in [3.05, 3.63) is 4.88 Å². The average molecular weight is 313 g/mol. The van der Waals surface area contributed by atoms with E-state index in [1.807, 2.05) is 6.92 Å². The van der Waals surface area contributed by atoms with Gasteiger partial charge in [0.05, 0.1) is 7.11 Å². The first-order valence-electron chi connectivity index (χ1n) is 7.01. The average Bonchev–Trinajstić information content (AvgIpc) is 2.78. The molecule has 1 aromatic rings. The molecular formula is C13H23N5O2S. The summed E-state index contributed by atoms with van der Waals surface area (Å²) < 4.78 is 5.35. The predicted octanol–water partition coefficient (Wildman–Crippen LogP) is 0.663. The number of thiophene rings is 1. The smallest absolute Gasteiger partial charge is 0.263 e. The summed E-state index contributed by atoms with van der Waals surface area (Å²) in [7, 11) is 3.67.